The molecule has 132 valence electrons. The van der Waals surface area contributed by atoms with Crippen molar-refractivity contribution in [1.82, 2.24) is 20.0 Å². The lowest BCUT2D eigenvalue weighted by Gasteiger charge is -2.32. The molecule has 6 nitrogen and oxygen atoms in total. The first kappa shape index (κ1) is 16.2. The normalized spacial score (nSPS) is 19.4. The van der Waals surface area contributed by atoms with Crippen LogP contribution in [-0.4, -0.2) is 39.0 Å². The first-order valence-electron chi connectivity index (χ1n) is 9.30. The molecule has 0 bridgehead atoms. The largest absolute Gasteiger partial charge is 0.360 e. The Hall–Kier alpha value is -2.24. The van der Waals surface area contributed by atoms with E-state index in [1.54, 1.807) is 24.8 Å². The van der Waals surface area contributed by atoms with Gasteiger partial charge in [-0.3, -0.25) is 14.8 Å². The lowest BCUT2D eigenvalue weighted by atomic mass is 9.91. The zero-order valence-corrected chi connectivity index (χ0v) is 14.4. The van der Waals surface area contributed by atoms with Crippen LogP contribution in [0.1, 0.15) is 56.6 Å². The molecule has 2 aromatic rings. The van der Waals surface area contributed by atoms with Gasteiger partial charge in [-0.2, -0.15) is 0 Å². The van der Waals surface area contributed by atoms with Crippen LogP contribution in [0.15, 0.2) is 29.3 Å². The van der Waals surface area contributed by atoms with Crippen LogP contribution in [0.4, 0.5) is 0 Å². The number of hydrogen-bond acceptors (Lipinski definition) is 5. The van der Waals surface area contributed by atoms with Gasteiger partial charge in [0.2, 0.25) is 5.91 Å². The molecule has 1 aliphatic carbocycles. The number of rotatable bonds is 4. The fourth-order valence-electron chi connectivity index (χ4n) is 4.16. The molecule has 0 aromatic carbocycles. The van der Waals surface area contributed by atoms with Gasteiger partial charge in [0.25, 0.3) is 0 Å². The third kappa shape index (κ3) is 3.57. The second-order valence-corrected chi connectivity index (χ2v) is 7.20. The minimum absolute atomic E-state index is 0.287. The average Bonchev–Trinajstić information content (AvgIpc) is 3.34. The maximum atomic E-state index is 12.5. The van der Waals surface area contributed by atoms with Crippen LogP contribution < -0.4 is 0 Å². The molecule has 0 N–H and O–H groups in total. The number of aromatic nitrogens is 3. The van der Waals surface area contributed by atoms with E-state index in [0.29, 0.717) is 11.8 Å². The third-order valence-corrected chi connectivity index (χ3v) is 5.59. The van der Waals surface area contributed by atoms with Crippen LogP contribution in [0.3, 0.4) is 0 Å². The van der Waals surface area contributed by atoms with E-state index in [4.69, 9.17) is 4.52 Å². The number of nitrogens with zero attached hydrogens (tertiary/aromatic N) is 4. The van der Waals surface area contributed by atoms with Gasteiger partial charge in [-0.25, -0.2) is 0 Å². The van der Waals surface area contributed by atoms with E-state index in [2.05, 4.69) is 15.1 Å². The molecule has 4 rings (SSSR count). The standard InChI is InChI=1S/C19H24N4O2/c24-18(11-14-3-1-2-4-14)23-9-5-15(6-10-23)19-16(12-22-25-19)17-13-20-7-8-21-17/h7-8,12-15H,1-6,9-11H2. The van der Waals surface area contributed by atoms with Crippen LogP contribution in [0.5, 0.6) is 0 Å². The Morgan fingerprint density at radius 1 is 1.12 bits per heavy atom. The molecule has 0 atom stereocenters. The zero-order valence-electron chi connectivity index (χ0n) is 14.4. The van der Waals surface area contributed by atoms with Crippen molar-refractivity contribution in [3.05, 3.63) is 30.5 Å². The van der Waals surface area contributed by atoms with Crippen molar-refractivity contribution in [3.63, 3.8) is 0 Å². The molecule has 3 heterocycles. The van der Waals surface area contributed by atoms with E-state index in [0.717, 1.165) is 49.4 Å². The monoisotopic (exact) mass is 340 g/mol. The molecule has 0 spiro atoms. The van der Waals surface area contributed by atoms with Crippen molar-refractivity contribution in [2.75, 3.05) is 13.1 Å². The Morgan fingerprint density at radius 2 is 1.92 bits per heavy atom. The van der Waals surface area contributed by atoms with Crippen molar-refractivity contribution in [3.8, 4) is 11.3 Å². The predicted molar refractivity (Wildman–Crippen MR) is 92.7 cm³/mol. The summed E-state index contributed by atoms with van der Waals surface area (Å²) < 4.78 is 5.54. The lowest BCUT2D eigenvalue weighted by Crippen LogP contribution is -2.38. The number of piperidine rings is 1. The minimum Gasteiger partial charge on any atom is -0.360 e. The first-order valence-corrected chi connectivity index (χ1v) is 9.30. The van der Waals surface area contributed by atoms with Crippen molar-refractivity contribution in [1.29, 1.82) is 0 Å². The Bertz CT molecular complexity index is 701. The molecule has 25 heavy (non-hydrogen) atoms. The lowest BCUT2D eigenvalue weighted by molar-refractivity contribution is -0.133. The molecule has 2 aliphatic rings. The van der Waals surface area contributed by atoms with Crippen LogP contribution in [0, 0.1) is 5.92 Å². The van der Waals surface area contributed by atoms with E-state index in [1.165, 1.54) is 25.7 Å². The maximum Gasteiger partial charge on any atom is 0.222 e. The summed E-state index contributed by atoms with van der Waals surface area (Å²) in [5.74, 6) is 2.11. The van der Waals surface area contributed by atoms with Crippen LogP contribution in [-0.2, 0) is 4.79 Å². The van der Waals surface area contributed by atoms with Crippen molar-refractivity contribution >= 4 is 5.91 Å². The number of carbonyl (C=O) groups is 1. The average molecular weight is 340 g/mol. The van der Waals surface area contributed by atoms with Crippen molar-refractivity contribution < 1.29 is 9.32 Å². The van der Waals surface area contributed by atoms with Gasteiger partial charge in [0.15, 0.2) is 0 Å². The van der Waals surface area contributed by atoms with Gasteiger partial charge < -0.3 is 9.42 Å². The van der Waals surface area contributed by atoms with Gasteiger partial charge in [-0.1, -0.05) is 18.0 Å². The van der Waals surface area contributed by atoms with Gasteiger partial charge in [-0.05, 0) is 31.6 Å². The molecule has 1 aliphatic heterocycles. The number of likely N-dealkylation sites (tertiary alicyclic amines) is 1. The highest BCUT2D eigenvalue weighted by atomic mass is 16.5. The third-order valence-electron chi connectivity index (χ3n) is 5.59. The Kier molecular flexibility index (Phi) is 4.76. The predicted octanol–water partition coefficient (Wildman–Crippen LogP) is 3.42. The van der Waals surface area contributed by atoms with E-state index < -0.39 is 0 Å². The van der Waals surface area contributed by atoms with Gasteiger partial charge in [-0.15, -0.1) is 0 Å². The molecule has 6 heteroatoms. The minimum atomic E-state index is 0.287. The molecule has 2 aromatic heterocycles. The zero-order chi connectivity index (χ0) is 17.1. The van der Waals surface area contributed by atoms with Crippen LogP contribution in [0.2, 0.25) is 0 Å². The van der Waals surface area contributed by atoms with Gasteiger partial charge >= 0.3 is 0 Å². The number of hydrogen-bond donors (Lipinski definition) is 0. The summed E-state index contributed by atoms with van der Waals surface area (Å²) >= 11 is 0. The second kappa shape index (κ2) is 7.33. The Morgan fingerprint density at radius 3 is 2.64 bits per heavy atom. The summed E-state index contributed by atoms with van der Waals surface area (Å²) in [7, 11) is 0. The molecular weight excluding hydrogens is 316 g/mol. The highest BCUT2D eigenvalue weighted by Gasteiger charge is 2.30. The molecule has 1 amide bonds. The quantitative estimate of drug-likeness (QED) is 0.853. The SMILES string of the molecule is O=C(CC1CCCC1)N1CCC(c2oncc2-c2cnccn2)CC1. The fourth-order valence-corrected chi connectivity index (χ4v) is 4.16. The highest BCUT2D eigenvalue weighted by molar-refractivity contribution is 5.76. The van der Waals surface area contributed by atoms with E-state index in [-0.39, 0.29) is 5.92 Å². The molecular formula is C19H24N4O2. The van der Waals surface area contributed by atoms with Crippen molar-refractivity contribution in [2.45, 2.75) is 50.9 Å². The summed E-state index contributed by atoms with van der Waals surface area (Å²) in [6.45, 7) is 1.60. The summed E-state index contributed by atoms with van der Waals surface area (Å²) in [6, 6.07) is 0. The van der Waals surface area contributed by atoms with Gasteiger partial charge in [0.05, 0.1) is 23.7 Å². The first-order chi connectivity index (χ1) is 12.3. The molecule has 1 saturated carbocycles. The smallest absolute Gasteiger partial charge is 0.222 e. The fraction of sp³-hybridized carbons (Fsp3) is 0.579. The van der Waals surface area contributed by atoms with Crippen LogP contribution in [0.25, 0.3) is 11.3 Å². The van der Waals surface area contributed by atoms with Gasteiger partial charge in [0.1, 0.15) is 5.76 Å². The highest BCUT2D eigenvalue weighted by Crippen LogP contribution is 2.35. The summed E-state index contributed by atoms with van der Waals surface area (Å²) in [4.78, 5) is 23.0. The number of carbonyl (C=O) groups excluding carboxylic acids is 1. The number of amides is 1. The maximum absolute atomic E-state index is 12.5. The summed E-state index contributed by atoms with van der Waals surface area (Å²) in [6.07, 6.45) is 14.4. The molecule has 1 saturated heterocycles. The summed E-state index contributed by atoms with van der Waals surface area (Å²) in [5.41, 5.74) is 1.71. The Balaban J connectivity index is 1.38. The van der Waals surface area contributed by atoms with E-state index >= 15 is 0 Å². The van der Waals surface area contributed by atoms with Crippen molar-refractivity contribution in [2.24, 2.45) is 5.92 Å². The second-order valence-electron chi connectivity index (χ2n) is 7.20. The van der Waals surface area contributed by atoms with E-state index in [9.17, 15) is 4.79 Å². The molecule has 0 unspecified atom stereocenters. The topological polar surface area (TPSA) is 72.1 Å². The Labute approximate surface area is 147 Å². The van der Waals surface area contributed by atoms with E-state index in [1.807, 2.05) is 4.90 Å². The molecule has 2 fully saturated rings. The molecule has 0 radical (unpaired) electrons. The van der Waals surface area contributed by atoms with Crippen LogP contribution >= 0.6 is 0 Å². The van der Waals surface area contributed by atoms with Gasteiger partial charge in [0, 0.05) is 37.8 Å². The summed E-state index contributed by atoms with van der Waals surface area (Å²) in [5, 5.41) is 3.97.